The molecule has 0 saturated carbocycles. The maximum absolute atomic E-state index is 13.3. The van der Waals surface area contributed by atoms with Crippen LogP contribution in [0, 0.1) is 5.82 Å². The predicted molar refractivity (Wildman–Crippen MR) is 71.6 cm³/mol. The normalized spacial score (nSPS) is 25.6. The quantitative estimate of drug-likeness (QED) is 0.757. The average molecular weight is 277 g/mol. The SMILES string of the molecule is O=C1NCCCCC1NC1C(=O)Nc2ccc(F)cc21. The van der Waals surface area contributed by atoms with Gasteiger partial charge in [-0.1, -0.05) is 0 Å². The van der Waals surface area contributed by atoms with Gasteiger partial charge in [-0.15, -0.1) is 0 Å². The topological polar surface area (TPSA) is 70.2 Å². The Morgan fingerprint density at radius 3 is 2.90 bits per heavy atom. The second-order valence-corrected chi connectivity index (χ2v) is 5.16. The van der Waals surface area contributed by atoms with Crippen molar-refractivity contribution in [2.75, 3.05) is 11.9 Å². The number of anilines is 1. The number of amides is 2. The molecule has 2 aliphatic heterocycles. The average Bonchev–Trinajstić information content (AvgIpc) is 2.58. The van der Waals surface area contributed by atoms with Crippen LogP contribution in [0.4, 0.5) is 10.1 Å². The maximum atomic E-state index is 13.3. The number of nitrogens with one attached hydrogen (secondary N) is 3. The van der Waals surface area contributed by atoms with Crippen LogP contribution < -0.4 is 16.0 Å². The lowest BCUT2D eigenvalue weighted by Crippen LogP contribution is -2.45. The van der Waals surface area contributed by atoms with E-state index in [0.29, 0.717) is 24.2 Å². The molecular formula is C14H16FN3O2. The highest BCUT2D eigenvalue weighted by Crippen LogP contribution is 2.31. The number of benzene rings is 1. The third kappa shape index (κ3) is 2.38. The molecule has 1 saturated heterocycles. The van der Waals surface area contributed by atoms with Crippen molar-refractivity contribution in [3.63, 3.8) is 0 Å². The Morgan fingerprint density at radius 2 is 2.05 bits per heavy atom. The summed E-state index contributed by atoms with van der Waals surface area (Å²) in [6.45, 7) is 0.666. The molecule has 0 spiro atoms. The maximum Gasteiger partial charge on any atom is 0.246 e. The van der Waals surface area contributed by atoms with Crippen molar-refractivity contribution in [3.05, 3.63) is 29.6 Å². The summed E-state index contributed by atoms with van der Waals surface area (Å²) in [4.78, 5) is 23.9. The van der Waals surface area contributed by atoms with E-state index < -0.39 is 17.9 Å². The monoisotopic (exact) mass is 277 g/mol. The van der Waals surface area contributed by atoms with Gasteiger partial charge in [0.1, 0.15) is 11.9 Å². The molecule has 2 aliphatic rings. The third-order valence-electron chi connectivity index (χ3n) is 3.75. The Balaban J connectivity index is 1.82. The second-order valence-electron chi connectivity index (χ2n) is 5.16. The first-order valence-electron chi connectivity index (χ1n) is 6.79. The minimum Gasteiger partial charge on any atom is -0.355 e. The van der Waals surface area contributed by atoms with Gasteiger partial charge in [0.15, 0.2) is 0 Å². The van der Waals surface area contributed by atoms with Crippen LogP contribution in [0.15, 0.2) is 18.2 Å². The first kappa shape index (κ1) is 13.1. The molecule has 2 atom stereocenters. The minimum absolute atomic E-state index is 0.0971. The van der Waals surface area contributed by atoms with Gasteiger partial charge < -0.3 is 10.6 Å². The van der Waals surface area contributed by atoms with E-state index in [1.807, 2.05) is 0 Å². The summed E-state index contributed by atoms with van der Waals surface area (Å²) in [6.07, 6.45) is 2.53. The van der Waals surface area contributed by atoms with E-state index in [1.54, 1.807) is 0 Å². The van der Waals surface area contributed by atoms with E-state index in [2.05, 4.69) is 16.0 Å². The number of halogens is 1. The highest BCUT2D eigenvalue weighted by atomic mass is 19.1. The predicted octanol–water partition coefficient (Wildman–Crippen LogP) is 1.08. The minimum atomic E-state index is -0.672. The Bertz CT molecular complexity index is 561. The summed E-state index contributed by atoms with van der Waals surface area (Å²) >= 11 is 0. The van der Waals surface area contributed by atoms with E-state index in [0.717, 1.165) is 12.8 Å². The molecule has 1 aromatic rings. The van der Waals surface area contributed by atoms with Gasteiger partial charge in [0, 0.05) is 17.8 Å². The highest BCUT2D eigenvalue weighted by Gasteiger charge is 2.34. The molecule has 0 bridgehead atoms. The zero-order chi connectivity index (χ0) is 14.1. The van der Waals surface area contributed by atoms with Crippen LogP contribution in [0.25, 0.3) is 0 Å². The summed E-state index contributed by atoms with van der Waals surface area (Å²) in [5, 5.41) is 8.56. The zero-order valence-corrected chi connectivity index (χ0v) is 10.9. The summed E-state index contributed by atoms with van der Waals surface area (Å²) in [7, 11) is 0. The van der Waals surface area contributed by atoms with Gasteiger partial charge in [-0.25, -0.2) is 4.39 Å². The van der Waals surface area contributed by atoms with Crippen molar-refractivity contribution in [3.8, 4) is 0 Å². The lowest BCUT2D eigenvalue weighted by molar-refractivity contribution is -0.123. The molecule has 2 heterocycles. The lowest BCUT2D eigenvalue weighted by atomic mass is 10.0. The second kappa shape index (κ2) is 5.20. The Labute approximate surface area is 115 Å². The van der Waals surface area contributed by atoms with E-state index in [-0.39, 0.29) is 11.8 Å². The molecule has 5 nitrogen and oxygen atoms in total. The summed E-state index contributed by atoms with van der Waals surface area (Å²) in [5.74, 6) is -0.736. The van der Waals surface area contributed by atoms with Crippen LogP contribution in [0.1, 0.15) is 30.9 Å². The first-order valence-corrected chi connectivity index (χ1v) is 6.79. The highest BCUT2D eigenvalue weighted by molar-refractivity contribution is 6.02. The van der Waals surface area contributed by atoms with Crippen LogP contribution in [-0.2, 0) is 9.59 Å². The number of hydrogen-bond donors (Lipinski definition) is 3. The molecule has 1 aromatic carbocycles. The fourth-order valence-corrected chi connectivity index (χ4v) is 2.70. The molecule has 2 amide bonds. The fourth-order valence-electron chi connectivity index (χ4n) is 2.70. The number of rotatable bonds is 2. The van der Waals surface area contributed by atoms with Crippen molar-refractivity contribution < 1.29 is 14.0 Å². The van der Waals surface area contributed by atoms with Crippen molar-refractivity contribution >= 4 is 17.5 Å². The molecule has 0 radical (unpaired) electrons. The molecule has 20 heavy (non-hydrogen) atoms. The fraction of sp³-hybridized carbons (Fsp3) is 0.429. The number of fused-ring (bicyclic) bond motifs is 1. The van der Waals surface area contributed by atoms with E-state index in [9.17, 15) is 14.0 Å². The zero-order valence-electron chi connectivity index (χ0n) is 10.9. The van der Waals surface area contributed by atoms with Crippen LogP contribution in [0.2, 0.25) is 0 Å². The molecule has 2 unspecified atom stereocenters. The Morgan fingerprint density at radius 1 is 1.20 bits per heavy atom. The summed E-state index contributed by atoms with van der Waals surface area (Å²) < 4.78 is 13.3. The molecule has 0 aromatic heterocycles. The molecule has 0 aliphatic carbocycles. The van der Waals surface area contributed by atoms with Crippen LogP contribution in [0.5, 0.6) is 0 Å². The summed E-state index contributed by atoms with van der Waals surface area (Å²) in [5.41, 5.74) is 1.16. The van der Waals surface area contributed by atoms with Gasteiger partial charge in [-0.05, 0) is 37.5 Å². The Hall–Kier alpha value is -1.95. The van der Waals surface area contributed by atoms with Crippen molar-refractivity contribution in [2.24, 2.45) is 0 Å². The summed E-state index contributed by atoms with van der Waals surface area (Å²) in [6, 6.07) is 3.09. The van der Waals surface area contributed by atoms with Gasteiger partial charge in [0.2, 0.25) is 11.8 Å². The van der Waals surface area contributed by atoms with Crippen LogP contribution in [-0.4, -0.2) is 24.4 Å². The lowest BCUT2D eigenvalue weighted by Gasteiger charge is -2.19. The molecule has 1 fully saturated rings. The third-order valence-corrected chi connectivity index (χ3v) is 3.75. The van der Waals surface area contributed by atoms with E-state index >= 15 is 0 Å². The molecule has 3 N–H and O–H groups in total. The van der Waals surface area contributed by atoms with Crippen molar-refractivity contribution in [1.29, 1.82) is 0 Å². The van der Waals surface area contributed by atoms with Gasteiger partial charge in [0.05, 0.1) is 6.04 Å². The van der Waals surface area contributed by atoms with Gasteiger partial charge in [-0.2, -0.15) is 0 Å². The van der Waals surface area contributed by atoms with Gasteiger partial charge in [0.25, 0.3) is 0 Å². The van der Waals surface area contributed by atoms with Gasteiger partial charge in [-0.3, -0.25) is 14.9 Å². The number of carbonyl (C=O) groups excluding carboxylic acids is 2. The van der Waals surface area contributed by atoms with Crippen LogP contribution in [0.3, 0.4) is 0 Å². The largest absolute Gasteiger partial charge is 0.355 e. The van der Waals surface area contributed by atoms with E-state index in [1.165, 1.54) is 18.2 Å². The van der Waals surface area contributed by atoms with Crippen molar-refractivity contribution in [1.82, 2.24) is 10.6 Å². The number of hydrogen-bond acceptors (Lipinski definition) is 3. The van der Waals surface area contributed by atoms with E-state index in [4.69, 9.17) is 0 Å². The number of carbonyl (C=O) groups is 2. The molecular weight excluding hydrogens is 261 g/mol. The van der Waals surface area contributed by atoms with Crippen LogP contribution >= 0.6 is 0 Å². The molecule has 106 valence electrons. The smallest absolute Gasteiger partial charge is 0.246 e. The standard InChI is InChI=1S/C14H16FN3O2/c15-8-4-5-10-9(7-8)12(14(20)18-10)17-11-3-1-2-6-16-13(11)19/h4-5,7,11-12,17H,1-3,6H2,(H,16,19)(H,18,20). The molecule has 3 rings (SSSR count). The van der Waals surface area contributed by atoms with Crippen molar-refractivity contribution in [2.45, 2.75) is 31.3 Å². The Kier molecular flexibility index (Phi) is 3.40. The van der Waals surface area contributed by atoms with Gasteiger partial charge >= 0.3 is 0 Å². The molecule has 6 heteroatoms. The first-order chi connectivity index (χ1) is 9.65.